The van der Waals surface area contributed by atoms with E-state index >= 15 is 0 Å². The Hall–Kier alpha value is -1.57. The van der Waals surface area contributed by atoms with E-state index in [-0.39, 0.29) is 0 Å². The molecule has 2 rings (SSSR count). The summed E-state index contributed by atoms with van der Waals surface area (Å²) in [7, 11) is 0. The lowest BCUT2D eigenvalue weighted by atomic mass is 10.1. The van der Waals surface area contributed by atoms with E-state index in [1.807, 2.05) is 12.1 Å². The fourth-order valence-corrected chi connectivity index (χ4v) is 0.769. The average molecular weight is 148 g/mol. The zero-order chi connectivity index (χ0) is 8.27. The number of aromatic hydroxyl groups is 1. The quantitative estimate of drug-likeness (QED) is 0.489. The third kappa shape index (κ3) is 1.29. The molecule has 0 amide bonds. The molecule has 0 aromatic heterocycles. The highest BCUT2D eigenvalue weighted by molar-refractivity contribution is 5.63. The van der Waals surface area contributed by atoms with Crippen molar-refractivity contribution < 1.29 is 9.90 Å². The van der Waals surface area contributed by atoms with Gasteiger partial charge in [0.2, 0.25) is 0 Å². The molecule has 0 heterocycles. The standard InChI is InChI=1S/C6H4O.C3H4O/c7-6-3-4-1-2-5(4)6;1-2-3-4/h1-3,7H;2-3H,1H2. The molecule has 0 atom stereocenters. The van der Waals surface area contributed by atoms with Gasteiger partial charge in [-0.15, -0.1) is 0 Å². The van der Waals surface area contributed by atoms with Gasteiger partial charge >= 0.3 is 0 Å². The molecule has 0 saturated carbocycles. The maximum Gasteiger partial charge on any atom is 0.142 e. The molecule has 0 unspecified atom stereocenters. The molecule has 0 bridgehead atoms. The van der Waals surface area contributed by atoms with E-state index in [0.29, 0.717) is 12.0 Å². The summed E-state index contributed by atoms with van der Waals surface area (Å²) in [5, 5.41) is 10.9. The Balaban J connectivity index is 0.000000134. The van der Waals surface area contributed by atoms with Gasteiger partial charge in [0.15, 0.2) is 0 Å². The van der Waals surface area contributed by atoms with E-state index in [2.05, 4.69) is 6.58 Å². The summed E-state index contributed by atoms with van der Waals surface area (Å²) >= 11 is 0. The van der Waals surface area contributed by atoms with Gasteiger partial charge in [-0.1, -0.05) is 18.7 Å². The lowest BCUT2D eigenvalue weighted by Gasteiger charge is -2.02. The van der Waals surface area contributed by atoms with Crippen LogP contribution in [-0.2, 0) is 4.79 Å². The Morgan fingerprint density at radius 3 is 2.09 bits per heavy atom. The topological polar surface area (TPSA) is 37.3 Å². The number of aldehydes is 1. The molecular formula is C9H8O2. The molecule has 11 heavy (non-hydrogen) atoms. The first-order chi connectivity index (χ1) is 5.29. The highest BCUT2D eigenvalue weighted by atomic mass is 16.3. The van der Waals surface area contributed by atoms with Crippen molar-refractivity contribution in [2.24, 2.45) is 0 Å². The average Bonchev–Trinajstić information content (AvgIpc) is 2.00. The maximum atomic E-state index is 9.06. The molecule has 2 nitrogen and oxygen atoms in total. The molecule has 0 aliphatic heterocycles. The molecule has 0 saturated heterocycles. The Kier molecular flexibility index (Phi) is 2.06. The Labute approximate surface area is 64.1 Å². The summed E-state index contributed by atoms with van der Waals surface area (Å²) in [6, 6.07) is 5.65. The largest absolute Gasteiger partial charge is 0.507 e. The van der Waals surface area contributed by atoms with Crippen molar-refractivity contribution in [3.05, 3.63) is 41.3 Å². The van der Waals surface area contributed by atoms with Gasteiger partial charge in [0.05, 0.1) is 0 Å². The lowest BCUT2D eigenvalue weighted by molar-refractivity contribution is -0.104. The molecule has 0 fully saturated rings. The first-order valence-corrected chi connectivity index (χ1v) is 3.19. The van der Waals surface area contributed by atoms with Crippen LogP contribution in [0, 0.1) is 10.4 Å². The van der Waals surface area contributed by atoms with Crippen molar-refractivity contribution in [1.82, 2.24) is 0 Å². The minimum atomic E-state index is 0.442. The van der Waals surface area contributed by atoms with Crippen LogP contribution in [0.15, 0.2) is 30.9 Å². The third-order valence-corrected chi connectivity index (χ3v) is 1.40. The molecule has 2 aliphatic rings. The van der Waals surface area contributed by atoms with Crippen LogP contribution in [0.4, 0.5) is 0 Å². The van der Waals surface area contributed by atoms with E-state index in [1.54, 1.807) is 6.07 Å². The number of allylic oxidation sites excluding steroid dienone is 1. The highest BCUT2D eigenvalue weighted by Crippen LogP contribution is 2.21. The Bertz CT molecular complexity index is 360. The van der Waals surface area contributed by atoms with Crippen LogP contribution in [-0.4, -0.2) is 11.4 Å². The molecule has 1 N–H and O–H groups in total. The van der Waals surface area contributed by atoms with Gasteiger partial charge in [0.25, 0.3) is 0 Å². The Morgan fingerprint density at radius 2 is 2.09 bits per heavy atom. The fourth-order valence-electron chi connectivity index (χ4n) is 0.769. The number of hydrogen-bond acceptors (Lipinski definition) is 2. The van der Waals surface area contributed by atoms with E-state index in [1.165, 1.54) is 11.3 Å². The lowest BCUT2D eigenvalue weighted by Crippen LogP contribution is -1.83. The van der Waals surface area contributed by atoms with Crippen LogP contribution in [0.2, 0.25) is 0 Å². The molecular weight excluding hydrogens is 140 g/mol. The first kappa shape index (κ1) is 7.54. The predicted molar refractivity (Wildman–Crippen MR) is 42.0 cm³/mol. The first-order valence-electron chi connectivity index (χ1n) is 3.19. The van der Waals surface area contributed by atoms with Crippen molar-refractivity contribution >= 4 is 6.29 Å². The SMILES string of the molecule is C=CC=O.Oc1cc2ccc1=2. The predicted octanol–water partition coefficient (Wildman–Crippen LogP) is 1.36. The highest BCUT2D eigenvalue weighted by Gasteiger charge is 2.00. The number of carbonyl (C=O) groups excluding carboxylic acids is 1. The second kappa shape index (κ2) is 3.01. The van der Waals surface area contributed by atoms with Gasteiger partial charge in [-0.25, -0.2) is 0 Å². The number of rotatable bonds is 1. The van der Waals surface area contributed by atoms with Crippen LogP contribution < -0.4 is 0 Å². The van der Waals surface area contributed by atoms with Gasteiger partial charge in [-0.05, 0) is 17.4 Å². The zero-order valence-electron chi connectivity index (χ0n) is 5.95. The van der Waals surface area contributed by atoms with Crippen molar-refractivity contribution in [1.29, 1.82) is 0 Å². The minimum absolute atomic E-state index is 0.442. The second-order valence-corrected chi connectivity index (χ2v) is 2.10. The van der Waals surface area contributed by atoms with Crippen LogP contribution in [0.1, 0.15) is 0 Å². The van der Waals surface area contributed by atoms with Gasteiger partial charge < -0.3 is 5.11 Å². The third-order valence-electron chi connectivity index (χ3n) is 1.40. The van der Waals surface area contributed by atoms with Crippen molar-refractivity contribution in [3.8, 4) is 5.75 Å². The monoisotopic (exact) mass is 148 g/mol. The number of benzene rings is 1. The summed E-state index contributed by atoms with van der Waals surface area (Å²) < 4.78 is 0. The van der Waals surface area contributed by atoms with Crippen LogP contribution >= 0.6 is 0 Å². The molecule has 0 radical (unpaired) electrons. The van der Waals surface area contributed by atoms with Crippen LogP contribution in [0.5, 0.6) is 5.75 Å². The van der Waals surface area contributed by atoms with Gasteiger partial charge in [-0.2, -0.15) is 0 Å². The van der Waals surface area contributed by atoms with Crippen molar-refractivity contribution in [3.63, 3.8) is 0 Å². The number of phenolic OH excluding ortho intramolecular Hbond substituents is 1. The van der Waals surface area contributed by atoms with Crippen molar-refractivity contribution in [2.75, 3.05) is 0 Å². The number of phenols is 1. The van der Waals surface area contributed by atoms with Gasteiger partial charge in [-0.3, -0.25) is 4.79 Å². The molecule has 2 aliphatic carbocycles. The summed E-state index contributed by atoms with van der Waals surface area (Å²) in [4.78, 5) is 9.06. The summed E-state index contributed by atoms with van der Waals surface area (Å²) in [5.41, 5.74) is 0. The molecule has 0 spiro atoms. The molecule has 0 aromatic rings. The molecule has 0 aromatic carbocycles. The molecule has 2 heteroatoms. The van der Waals surface area contributed by atoms with Crippen LogP contribution in [0.25, 0.3) is 0 Å². The minimum Gasteiger partial charge on any atom is -0.507 e. The van der Waals surface area contributed by atoms with E-state index in [4.69, 9.17) is 9.90 Å². The van der Waals surface area contributed by atoms with Crippen LogP contribution in [0.3, 0.4) is 0 Å². The van der Waals surface area contributed by atoms with Gasteiger partial charge in [0, 0.05) is 5.22 Å². The summed E-state index contributed by atoms with van der Waals surface area (Å²) in [6.45, 7) is 3.11. The normalized spacial score (nSPS) is 9.09. The van der Waals surface area contributed by atoms with E-state index in [0.717, 1.165) is 5.22 Å². The second-order valence-electron chi connectivity index (χ2n) is 2.10. The number of hydrogen-bond donors (Lipinski definition) is 1. The maximum absolute atomic E-state index is 9.06. The fraction of sp³-hybridized carbons (Fsp3) is 0. The van der Waals surface area contributed by atoms with Gasteiger partial charge in [0.1, 0.15) is 12.0 Å². The number of carbonyl (C=O) groups is 1. The summed E-state index contributed by atoms with van der Waals surface area (Å²) in [6.07, 6.45) is 1.83. The summed E-state index contributed by atoms with van der Waals surface area (Å²) in [5.74, 6) is 0.442. The molecule has 56 valence electrons. The Morgan fingerprint density at radius 1 is 1.45 bits per heavy atom. The van der Waals surface area contributed by atoms with Crippen molar-refractivity contribution in [2.45, 2.75) is 0 Å². The van der Waals surface area contributed by atoms with E-state index < -0.39 is 0 Å². The van der Waals surface area contributed by atoms with E-state index in [9.17, 15) is 0 Å². The smallest absolute Gasteiger partial charge is 0.142 e. The zero-order valence-corrected chi connectivity index (χ0v) is 5.95.